The summed E-state index contributed by atoms with van der Waals surface area (Å²) in [7, 11) is 3.40. The molecule has 0 radical (unpaired) electrons. The first-order valence-electron chi connectivity index (χ1n) is 19.3. The molecule has 18 heteroatoms. The van der Waals surface area contributed by atoms with E-state index in [9.17, 15) is 45.0 Å². The van der Waals surface area contributed by atoms with Gasteiger partial charge in [-0.3, -0.25) is 14.4 Å². The van der Waals surface area contributed by atoms with Gasteiger partial charge < -0.3 is 55.9 Å². The number of methoxy groups -OCH3 is 1. The van der Waals surface area contributed by atoms with Crippen LogP contribution < -0.4 is 20.6 Å². The highest BCUT2D eigenvalue weighted by Crippen LogP contribution is 2.52. The molecular weight excluding hydrogens is 791 g/mol. The number of hydrogen-bond acceptors (Lipinski definition) is 15. The molecule has 10 N–H and O–H groups in total. The van der Waals surface area contributed by atoms with Gasteiger partial charge in [-0.1, -0.05) is 47.8 Å². The molecule has 320 valence electrons. The number of phenolic OH excluding ortho intramolecular Hbond substituents is 2. The van der Waals surface area contributed by atoms with Crippen molar-refractivity contribution in [3.8, 4) is 17.2 Å². The fourth-order valence-electron chi connectivity index (χ4n) is 8.35. The smallest absolute Gasteiger partial charge is 0.212 e. The second-order valence-electron chi connectivity index (χ2n) is 16.7. The fourth-order valence-corrected chi connectivity index (χ4v) is 10.2. The zero-order valence-corrected chi connectivity index (χ0v) is 35.7. The van der Waals surface area contributed by atoms with Crippen LogP contribution in [-0.2, 0) is 30.9 Å². The number of hydrazone groups is 1. The van der Waals surface area contributed by atoms with E-state index in [1.807, 2.05) is 20.8 Å². The molecule has 16 nitrogen and oxygen atoms in total. The molecule has 7 unspecified atom stereocenters. The summed E-state index contributed by atoms with van der Waals surface area (Å²) in [5.41, 5.74) is 1.29. The number of rotatable bonds is 15. The number of aliphatic hydroxyl groups excluding tert-OH is 3. The molecule has 0 spiro atoms. The first-order valence-corrected chi connectivity index (χ1v) is 21.7. The van der Waals surface area contributed by atoms with E-state index in [1.165, 1.54) is 25.3 Å². The van der Waals surface area contributed by atoms with E-state index in [4.69, 9.17) is 19.9 Å². The van der Waals surface area contributed by atoms with Gasteiger partial charge in [-0.15, -0.1) is 0 Å². The Morgan fingerprint density at radius 2 is 1.84 bits per heavy atom. The van der Waals surface area contributed by atoms with Crippen molar-refractivity contribution in [3.63, 3.8) is 0 Å². The SMILES string of the molecule is CCC(C)(CNCC(C)O)CC(C)(C)C(=O)S(=P)N/N=C(\CO)[C@]1(O)Cc2c(O)c3c(c(O)c2[C@@H](OC2CC(N)C(O)C(C)O2)C1)C(=O)c1c(OC)cccc1C3=O. The van der Waals surface area contributed by atoms with Gasteiger partial charge in [0.2, 0.25) is 10.9 Å². The highest BCUT2D eigenvalue weighted by atomic mass is 32.5. The molecule has 2 aromatic carbocycles. The molecule has 2 aliphatic carbocycles. The molecule has 1 aliphatic heterocycles. The summed E-state index contributed by atoms with van der Waals surface area (Å²) in [5.74, 6) is -2.80. The summed E-state index contributed by atoms with van der Waals surface area (Å²) in [4.78, 5) is 44.7. The Morgan fingerprint density at radius 1 is 1.17 bits per heavy atom. The molecular formula is C40H57N4O12PS. The minimum atomic E-state index is -2.13. The van der Waals surface area contributed by atoms with E-state index in [-0.39, 0.29) is 50.7 Å². The number of carbonyl (C=O) groups excluding carboxylic acids is 3. The maximum absolute atomic E-state index is 14.1. The van der Waals surface area contributed by atoms with Crippen molar-refractivity contribution in [2.45, 2.75) is 116 Å². The van der Waals surface area contributed by atoms with Gasteiger partial charge in [0.15, 0.2) is 12.1 Å². The van der Waals surface area contributed by atoms with Gasteiger partial charge >= 0.3 is 0 Å². The molecule has 1 saturated heterocycles. The second kappa shape index (κ2) is 17.7. The number of nitrogens with one attached hydrogen (secondary N) is 2. The monoisotopic (exact) mass is 848 g/mol. The van der Waals surface area contributed by atoms with E-state index < -0.39 is 112 Å². The molecule has 0 bridgehead atoms. The average molecular weight is 849 g/mol. The van der Waals surface area contributed by atoms with Gasteiger partial charge in [-0.25, -0.2) is 4.83 Å². The number of ketones is 2. The number of fused-ring (bicyclic) bond motifs is 3. The van der Waals surface area contributed by atoms with Crippen LogP contribution in [0.2, 0.25) is 0 Å². The minimum absolute atomic E-state index is 0.00427. The molecule has 3 aliphatic rings. The molecule has 5 rings (SSSR count). The molecule has 0 amide bonds. The van der Waals surface area contributed by atoms with Gasteiger partial charge in [-0.05, 0) is 38.2 Å². The summed E-state index contributed by atoms with van der Waals surface area (Å²) in [5, 5.41) is 74.4. The maximum atomic E-state index is 14.1. The largest absolute Gasteiger partial charge is 0.507 e. The number of nitrogens with two attached hydrogens (primary N) is 1. The van der Waals surface area contributed by atoms with Gasteiger partial charge in [0.05, 0.1) is 60.5 Å². The lowest BCUT2D eigenvalue weighted by molar-refractivity contribution is -0.245. The zero-order valence-electron chi connectivity index (χ0n) is 33.9. The first-order chi connectivity index (χ1) is 27.1. The third-order valence-electron chi connectivity index (χ3n) is 11.6. The van der Waals surface area contributed by atoms with Gasteiger partial charge in [0, 0.05) is 70.8 Å². The molecule has 0 saturated carbocycles. The number of ether oxygens (including phenoxy) is 3. The number of hydrogen-bond donors (Lipinski definition) is 9. The number of phenols is 2. The third-order valence-corrected chi connectivity index (χ3v) is 13.6. The normalized spacial score (nSPS) is 26.8. The van der Waals surface area contributed by atoms with Crippen molar-refractivity contribution >= 4 is 40.7 Å². The quantitative estimate of drug-likeness (QED) is 0.0460. The lowest BCUT2D eigenvalue weighted by Gasteiger charge is -2.43. The van der Waals surface area contributed by atoms with Crippen molar-refractivity contribution in [2.24, 2.45) is 21.7 Å². The van der Waals surface area contributed by atoms with Gasteiger partial charge in [0.1, 0.15) is 22.8 Å². The fraction of sp³-hybridized carbons (Fsp3) is 0.600. The summed E-state index contributed by atoms with van der Waals surface area (Å²) >= 11 is 0. The van der Waals surface area contributed by atoms with Crippen LogP contribution in [0.5, 0.6) is 17.2 Å². The molecule has 9 atom stereocenters. The summed E-state index contributed by atoms with van der Waals surface area (Å²) in [6.07, 6.45) is -4.43. The van der Waals surface area contributed by atoms with Crippen LogP contribution in [0.3, 0.4) is 0 Å². The Hall–Kier alpha value is -3.35. The highest BCUT2D eigenvalue weighted by molar-refractivity contribution is 8.25. The van der Waals surface area contributed by atoms with Crippen molar-refractivity contribution in [1.82, 2.24) is 10.1 Å². The Balaban J connectivity index is 1.52. The Bertz CT molecular complexity index is 1980. The van der Waals surface area contributed by atoms with E-state index in [0.717, 1.165) is 6.42 Å². The topological polar surface area (TPSA) is 263 Å². The van der Waals surface area contributed by atoms with Crippen LogP contribution in [-0.4, -0.2) is 116 Å². The second-order valence-corrected chi connectivity index (χ2v) is 19.1. The predicted octanol–water partition coefficient (Wildman–Crippen LogP) is 2.30. The number of aromatic hydroxyl groups is 2. The lowest BCUT2D eigenvalue weighted by Crippen LogP contribution is -2.53. The Labute approximate surface area is 342 Å². The molecule has 1 fully saturated rings. The van der Waals surface area contributed by atoms with E-state index >= 15 is 0 Å². The maximum Gasteiger partial charge on any atom is 0.212 e. The lowest BCUT2D eigenvalue weighted by atomic mass is 9.71. The zero-order chi connectivity index (χ0) is 43.1. The summed E-state index contributed by atoms with van der Waals surface area (Å²) in [6, 6.07) is 3.64. The average Bonchev–Trinajstić information content (AvgIpc) is 3.16. The number of benzene rings is 2. The van der Waals surface area contributed by atoms with Crippen molar-refractivity contribution in [2.75, 3.05) is 26.8 Å². The van der Waals surface area contributed by atoms with Crippen LogP contribution in [0.1, 0.15) is 116 Å². The van der Waals surface area contributed by atoms with Crippen molar-refractivity contribution in [3.05, 3.63) is 51.6 Å². The van der Waals surface area contributed by atoms with Crippen LogP contribution >= 0.6 is 8.02 Å². The molecule has 0 aromatic heterocycles. The van der Waals surface area contributed by atoms with E-state index in [2.05, 4.69) is 30.2 Å². The van der Waals surface area contributed by atoms with Crippen LogP contribution in [0.15, 0.2) is 23.3 Å². The Morgan fingerprint density at radius 3 is 2.45 bits per heavy atom. The third kappa shape index (κ3) is 8.90. The number of nitrogens with zero attached hydrogens (tertiary/aromatic N) is 1. The summed E-state index contributed by atoms with van der Waals surface area (Å²) < 4.78 is 17.6. The first kappa shape index (κ1) is 45.7. The van der Waals surface area contributed by atoms with Crippen molar-refractivity contribution in [1.29, 1.82) is 0 Å². The van der Waals surface area contributed by atoms with Crippen LogP contribution in [0, 0.1) is 10.8 Å². The molecule has 1 heterocycles. The predicted molar refractivity (Wildman–Crippen MR) is 219 cm³/mol. The van der Waals surface area contributed by atoms with Gasteiger partial charge in [0.25, 0.3) is 0 Å². The van der Waals surface area contributed by atoms with E-state index in [1.54, 1.807) is 13.8 Å². The van der Waals surface area contributed by atoms with E-state index in [0.29, 0.717) is 19.5 Å². The van der Waals surface area contributed by atoms with Crippen LogP contribution in [0.25, 0.3) is 0 Å². The van der Waals surface area contributed by atoms with Crippen molar-refractivity contribution < 1.29 is 59.2 Å². The number of aliphatic hydroxyl groups is 4. The van der Waals surface area contributed by atoms with Gasteiger partial charge in [-0.2, -0.15) is 5.10 Å². The highest BCUT2D eigenvalue weighted by Gasteiger charge is 2.50. The summed E-state index contributed by atoms with van der Waals surface area (Å²) in [6.45, 7) is 11.2. The minimum Gasteiger partial charge on any atom is -0.507 e. The number of carbonyl (C=O) groups is 3. The van der Waals surface area contributed by atoms with Crippen LogP contribution in [0.4, 0.5) is 0 Å². The molecule has 58 heavy (non-hydrogen) atoms. The Kier molecular flexibility index (Phi) is 14.0. The molecule has 2 aromatic rings. The standard InChI is InChI=1S/C40H57N4O12PS/c1-8-39(6,18-42-15-19(2)46)17-38(4,5)37(52)58(57)44-43-26(16-45)40(53)13-22-29(25(14-40)56-27-12-23(41)32(47)20(3)55-27)36(51)31-30(34(22)49)33(48)21-10-9-11-24(54-7)28(21)35(31)50/h9-11,19-20,23,25,27,32,42,44-47,49,51,53,57H,8,12-18,41H2,1-7H3/b43-26+/t19?,20?,23?,25-,27?,32?,39?,40-,58?/m0/s1.